The zero-order chi connectivity index (χ0) is 17.8. The number of benzene rings is 2. The van der Waals surface area contributed by atoms with E-state index in [1.807, 2.05) is 55.6 Å². The standard InChI is InChI=1S/C19H18N2O2S2/c1-12-17(13-7-5-4-6-8-13)20-19(25-12)21-18(22)15-10-9-14(24-3)11-16(15)23-2/h4-11H,1-3H3,(H,20,21,22). The van der Waals surface area contributed by atoms with Gasteiger partial charge >= 0.3 is 0 Å². The zero-order valence-electron chi connectivity index (χ0n) is 14.2. The van der Waals surface area contributed by atoms with Crippen molar-refractivity contribution in [3.8, 4) is 17.0 Å². The molecule has 6 heteroatoms. The average Bonchev–Trinajstić information content (AvgIpc) is 3.01. The van der Waals surface area contributed by atoms with Gasteiger partial charge in [-0.1, -0.05) is 30.3 Å². The van der Waals surface area contributed by atoms with Gasteiger partial charge in [-0.15, -0.1) is 23.1 Å². The summed E-state index contributed by atoms with van der Waals surface area (Å²) < 4.78 is 5.35. The Morgan fingerprint density at radius 3 is 2.64 bits per heavy atom. The van der Waals surface area contributed by atoms with Crippen LogP contribution in [0.5, 0.6) is 5.75 Å². The number of nitrogens with one attached hydrogen (secondary N) is 1. The number of carbonyl (C=O) groups is 1. The van der Waals surface area contributed by atoms with E-state index in [4.69, 9.17) is 4.74 Å². The molecule has 3 aromatic rings. The number of anilines is 1. The van der Waals surface area contributed by atoms with Gasteiger partial charge in [-0.2, -0.15) is 0 Å². The predicted octanol–water partition coefficient (Wildman–Crippen LogP) is 5.10. The zero-order valence-corrected chi connectivity index (χ0v) is 15.8. The molecule has 2 aromatic carbocycles. The second kappa shape index (κ2) is 7.72. The Morgan fingerprint density at radius 2 is 1.96 bits per heavy atom. The van der Waals surface area contributed by atoms with Gasteiger partial charge in [0.15, 0.2) is 5.13 Å². The second-order valence-electron chi connectivity index (χ2n) is 5.31. The molecule has 0 saturated carbocycles. The van der Waals surface area contributed by atoms with E-state index in [-0.39, 0.29) is 5.91 Å². The number of thiazole rings is 1. The van der Waals surface area contributed by atoms with Gasteiger partial charge in [-0.3, -0.25) is 10.1 Å². The van der Waals surface area contributed by atoms with Gasteiger partial charge in [0.05, 0.1) is 18.4 Å². The van der Waals surface area contributed by atoms with Gasteiger partial charge in [0, 0.05) is 15.3 Å². The number of methoxy groups -OCH3 is 1. The molecule has 0 fully saturated rings. The summed E-state index contributed by atoms with van der Waals surface area (Å²) >= 11 is 3.07. The lowest BCUT2D eigenvalue weighted by Gasteiger charge is -2.09. The normalized spacial score (nSPS) is 10.5. The second-order valence-corrected chi connectivity index (χ2v) is 7.39. The number of hydrogen-bond donors (Lipinski definition) is 1. The van der Waals surface area contributed by atoms with E-state index in [2.05, 4.69) is 10.3 Å². The van der Waals surface area contributed by atoms with Crippen LogP contribution in [0, 0.1) is 6.92 Å². The summed E-state index contributed by atoms with van der Waals surface area (Å²) in [4.78, 5) is 19.3. The van der Waals surface area contributed by atoms with Crippen molar-refractivity contribution in [2.24, 2.45) is 0 Å². The lowest BCUT2D eigenvalue weighted by atomic mass is 10.1. The van der Waals surface area contributed by atoms with Crippen molar-refractivity contribution >= 4 is 34.1 Å². The minimum absolute atomic E-state index is 0.224. The number of aromatic nitrogens is 1. The third-order valence-electron chi connectivity index (χ3n) is 3.72. The molecular weight excluding hydrogens is 352 g/mol. The molecule has 1 amide bonds. The molecule has 0 aliphatic carbocycles. The van der Waals surface area contributed by atoms with Gasteiger partial charge in [0.2, 0.25) is 0 Å². The van der Waals surface area contributed by atoms with Crippen LogP contribution in [0.1, 0.15) is 15.2 Å². The number of rotatable bonds is 5. The Hall–Kier alpha value is -2.31. The Kier molecular flexibility index (Phi) is 5.40. The molecule has 4 nitrogen and oxygen atoms in total. The highest BCUT2D eigenvalue weighted by Gasteiger charge is 2.16. The fourth-order valence-corrected chi connectivity index (χ4v) is 3.72. The van der Waals surface area contributed by atoms with E-state index in [1.165, 1.54) is 11.3 Å². The fourth-order valence-electron chi connectivity index (χ4n) is 2.46. The smallest absolute Gasteiger partial charge is 0.261 e. The quantitative estimate of drug-likeness (QED) is 0.635. The molecule has 1 N–H and O–H groups in total. The lowest BCUT2D eigenvalue weighted by molar-refractivity contribution is 0.102. The molecule has 0 bridgehead atoms. The molecule has 0 spiro atoms. The van der Waals surface area contributed by atoms with Gasteiger partial charge in [-0.25, -0.2) is 4.98 Å². The van der Waals surface area contributed by atoms with Crippen LogP contribution < -0.4 is 10.1 Å². The molecule has 25 heavy (non-hydrogen) atoms. The Morgan fingerprint density at radius 1 is 1.20 bits per heavy atom. The number of ether oxygens (including phenoxy) is 1. The van der Waals surface area contributed by atoms with Crippen molar-refractivity contribution in [2.75, 3.05) is 18.7 Å². The number of thioether (sulfide) groups is 1. The van der Waals surface area contributed by atoms with Crippen LogP contribution in [0.25, 0.3) is 11.3 Å². The first-order valence-electron chi connectivity index (χ1n) is 7.68. The number of amides is 1. The van der Waals surface area contributed by atoms with Gasteiger partial charge in [-0.05, 0) is 31.4 Å². The third-order valence-corrected chi connectivity index (χ3v) is 5.33. The van der Waals surface area contributed by atoms with E-state index in [0.29, 0.717) is 16.4 Å². The highest BCUT2D eigenvalue weighted by atomic mass is 32.2. The largest absolute Gasteiger partial charge is 0.496 e. The maximum absolute atomic E-state index is 12.6. The molecule has 0 aliphatic heterocycles. The Bertz CT molecular complexity index is 892. The molecule has 0 radical (unpaired) electrons. The van der Waals surface area contributed by atoms with E-state index in [0.717, 1.165) is 21.0 Å². The monoisotopic (exact) mass is 370 g/mol. The first-order valence-corrected chi connectivity index (χ1v) is 9.72. The number of hydrogen-bond acceptors (Lipinski definition) is 5. The number of nitrogens with zero attached hydrogens (tertiary/aromatic N) is 1. The molecule has 0 aliphatic rings. The van der Waals surface area contributed by atoms with E-state index in [1.54, 1.807) is 24.9 Å². The molecule has 1 heterocycles. The van der Waals surface area contributed by atoms with Crippen LogP contribution in [-0.2, 0) is 0 Å². The third kappa shape index (κ3) is 3.86. The summed E-state index contributed by atoms with van der Waals surface area (Å²) in [6.07, 6.45) is 1.98. The van der Waals surface area contributed by atoms with Crippen LogP contribution in [0.4, 0.5) is 5.13 Å². The minimum atomic E-state index is -0.224. The first-order chi connectivity index (χ1) is 12.1. The summed E-state index contributed by atoms with van der Waals surface area (Å²) in [5.41, 5.74) is 2.43. The van der Waals surface area contributed by atoms with E-state index < -0.39 is 0 Å². The SMILES string of the molecule is COc1cc(SC)ccc1C(=O)Nc1nc(-c2ccccc2)c(C)s1. The molecule has 1 aromatic heterocycles. The maximum atomic E-state index is 12.6. The highest BCUT2D eigenvalue weighted by molar-refractivity contribution is 7.98. The van der Waals surface area contributed by atoms with Crippen molar-refractivity contribution < 1.29 is 9.53 Å². The number of aryl methyl sites for hydroxylation is 1. The van der Waals surface area contributed by atoms with Gasteiger partial charge in [0.1, 0.15) is 5.75 Å². The van der Waals surface area contributed by atoms with Crippen LogP contribution in [-0.4, -0.2) is 24.3 Å². The summed E-state index contributed by atoms with van der Waals surface area (Å²) in [6.45, 7) is 2.00. The average molecular weight is 370 g/mol. The van der Waals surface area contributed by atoms with Crippen LogP contribution in [0.15, 0.2) is 53.4 Å². The van der Waals surface area contributed by atoms with Gasteiger partial charge in [0.25, 0.3) is 5.91 Å². The number of carbonyl (C=O) groups excluding carboxylic acids is 1. The van der Waals surface area contributed by atoms with E-state index in [9.17, 15) is 4.79 Å². The summed E-state index contributed by atoms with van der Waals surface area (Å²) in [7, 11) is 1.57. The molecular formula is C19H18N2O2S2. The van der Waals surface area contributed by atoms with Crippen LogP contribution in [0.2, 0.25) is 0 Å². The van der Waals surface area contributed by atoms with E-state index >= 15 is 0 Å². The maximum Gasteiger partial charge on any atom is 0.261 e. The summed E-state index contributed by atoms with van der Waals surface area (Å²) in [6, 6.07) is 15.5. The highest BCUT2D eigenvalue weighted by Crippen LogP contribution is 2.31. The molecule has 3 rings (SSSR count). The topological polar surface area (TPSA) is 51.2 Å². The molecule has 128 valence electrons. The molecule has 0 unspecified atom stereocenters. The van der Waals surface area contributed by atoms with Crippen molar-refractivity contribution in [2.45, 2.75) is 11.8 Å². The van der Waals surface area contributed by atoms with Crippen molar-refractivity contribution in [3.05, 3.63) is 59.0 Å². The first kappa shape index (κ1) is 17.5. The molecule has 0 atom stereocenters. The van der Waals surface area contributed by atoms with Crippen molar-refractivity contribution in [1.29, 1.82) is 0 Å². The van der Waals surface area contributed by atoms with Crippen LogP contribution >= 0.6 is 23.1 Å². The Balaban J connectivity index is 1.85. The van der Waals surface area contributed by atoms with Gasteiger partial charge < -0.3 is 4.74 Å². The van der Waals surface area contributed by atoms with Crippen molar-refractivity contribution in [1.82, 2.24) is 4.98 Å². The molecule has 0 saturated heterocycles. The Labute approximate surface area is 155 Å². The minimum Gasteiger partial charge on any atom is -0.496 e. The predicted molar refractivity (Wildman–Crippen MR) is 105 cm³/mol. The lowest BCUT2D eigenvalue weighted by Crippen LogP contribution is -2.13. The van der Waals surface area contributed by atoms with Crippen LogP contribution in [0.3, 0.4) is 0 Å². The summed E-state index contributed by atoms with van der Waals surface area (Å²) in [5, 5.41) is 3.46. The summed E-state index contributed by atoms with van der Waals surface area (Å²) in [5.74, 6) is 0.332. The van der Waals surface area contributed by atoms with Crippen molar-refractivity contribution in [3.63, 3.8) is 0 Å². The fraction of sp³-hybridized carbons (Fsp3) is 0.158.